The van der Waals surface area contributed by atoms with E-state index in [1.54, 1.807) is 24.4 Å². The molecule has 136 valence electrons. The second-order valence-corrected chi connectivity index (χ2v) is 6.63. The van der Waals surface area contributed by atoms with Crippen LogP contribution in [0.3, 0.4) is 0 Å². The van der Waals surface area contributed by atoms with Gasteiger partial charge in [0, 0.05) is 18.8 Å². The Kier molecular flexibility index (Phi) is 3.36. The van der Waals surface area contributed by atoms with Crippen molar-refractivity contribution >= 4 is 22.2 Å². The lowest BCUT2D eigenvalue weighted by Crippen LogP contribution is -2.20. The van der Waals surface area contributed by atoms with Crippen LogP contribution in [0.2, 0.25) is 0 Å². The highest BCUT2D eigenvalue weighted by Crippen LogP contribution is 2.24. The number of aromatic nitrogens is 6. The van der Waals surface area contributed by atoms with Crippen LogP contribution in [0.1, 0.15) is 19.8 Å². The van der Waals surface area contributed by atoms with Gasteiger partial charge in [-0.3, -0.25) is 9.78 Å². The van der Waals surface area contributed by atoms with E-state index in [0.717, 1.165) is 12.8 Å². The zero-order valence-electron chi connectivity index (χ0n) is 14.5. The van der Waals surface area contributed by atoms with Crippen molar-refractivity contribution < 1.29 is 4.74 Å². The lowest BCUT2D eigenvalue weighted by Gasteiger charge is -2.17. The largest absolute Gasteiger partial charge is 0.473 e. The molecule has 5 heterocycles. The first kappa shape index (κ1) is 15.7. The molecule has 0 saturated heterocycles. The zero-order valence-corrected chi connectivity index (χ0v) is 14.5. The number of H-pyrrole nitrogens is 1. The molecule has 0 aliphatic carbocycles. The molecule has 0 saturated carbocycles. The Labute approximate surface area is 152 Å². The van der Waals surface area contributed by atoms with E-state index >= 15 is 0 Å². The molecule has 1 atom stereocenters. The summed E-state index contributed by atoms with van der Waals surface area (Å²) >= 11 is 0. The lowest BCUT2D eigenvalue weighted by molar-refractivity contribution is 0.199. The quantitative estimate of drug-likeness (QED) is 0.505. The van der Waals surface area contributed by atoms with Gasteiger partial charge in [-0.2, -0.15) is 4.98 Å². The number of aromatic amines is 1. The maximum Gasteiger partial charge on any atom is 0.333 e. The van der Waals surface area contributed by atoms with Gasteiger partial charge in [0.15, 0.2) is 16.6 Å². The van der Waals surface area contributed by atoms with E-state index in [9.17, 15) is 9.59 Å². The fourth-order valence-corrected chi connectivity index (χ4v) is 3.49. The summed E-state index contributed by atoms with van der Waals surface area (Å²) in [6.07, 6.45) is 4.64. The van der Waals surface area contributed by atoms with Gasteiger partial charge in [0.05, 0.1) is 11.5 Å². The minimum absolute atomic E-state index is 0.0952. The van der Waals surface area contributed by atoms with Crippen molar-refractivity contribution in [2.45, 2.75) is 32.4 Å². The predicted octanol–water partition coefficient (Wildman–Crippen LogP) is 1.38. The van der Waals surface area contributed by atoms with Crippen molar-refractivity contribution in [1.29, 1.82) is 0 Å². The van der Waals surface area contributed by atoms with Crippen LogP contribution in [0.4, 0.5) is 0 Å². The number of pyridine rings is 2. The first-order chi connectivity index (χ1) is 13.1. The molecule has 4 aromatic heterocycles. The number of nitrogens with zero attached hydrogens (tertiary/aromatic N) is 5. The second-order valence-electron chi connectivity index (χ2n) is 6.63. The Morgan fingerprint density at radius 2 is 2.11 bits per heavy atom. The summed E-state index contributed by atoms with van der Waals surface area (Å²) in [7, 11) is 0. The molecule has 0 aromatic carbocycles. The Morgan fingerprint density at radius 1 is 1.22 bits per heavy atom. The standard InChI is InChI=1S/C18H16N6O3/c1-10-3-2-7-23-8-6-12(25)11-4-5-13(21-16(11)23)24-14-15(22-18(24)26)19-9-20-17(14)27-10/h4-6,8-10H,2-3,7H2,1H3,(H,19,20,22,26)/t10-/m0/s1. The van der Waals surface area contributed by atoms with Crippen LogP contribution < -0.4 is 15.9 Å². The first-order valence-corrected chi connectivity index (χ1v) is 8.75. The summed E-state index contributed by atoms with van der Waals surface area (Å²) in [6.45, 7) is 2.66. The average molecular weight is 364 g/mol. The fourth-order valence-electron chi connectivity index (χ4n) is 3.49. The molecule has 1 N–H and O–H groups in total. The Balaban J connectivity index is 1.90. The number of fused-ring (bicyclic) bond motifs is 2. The number of ether oxygens (including phenoxy) is 1. The molecular weight excluding hydrogens is 348 g/mol. The third kappa shape index (κ3) is 2.42. The topological polar surface area (TPSA) is 108 Å². The second kappa shape index (κ2) is 5.76. The number of aryl methyl sites for hydroxylation is 1. The highest BCUT2D eigenvalue weighted by Gasteiger charge is 2.20. The smallest absolute Gasteiger partial charge is 0.333 e. The molecule has 0 spiro atoms. The van der Waals surface area contributed by atoms with Gasteiger partial charge in [-0.1, -0.05) is 0 Å². The Hall–Kier alpha value is -3.49. The van der Waals surface area contributed by atoms with E-state index in [4.69, 9.17) is 4.74 Å². The van der Waals surface area contributed by atoms with E-state index < -0.39 is 5.69 Å². The molecular formula is C18H16N6O3. The fraction of sp³-hybridized carbons (Fsp3) is 0.278. The molecule has 4 aromatic rings. The summed E-state index contributed by atoms with van der Waals surface area (Å²) in [5.41, 5.74) is 0.873. The molecule has 1 aliphatic rings. The molecule has 0 fully saturated rings. The average Bonchev–Trinajstić information content (AvgIpc) is 2.99. The molecule has 0 amide bonds. The van der Waals surface area contributed by atoms with Gasteiger partial charge in [0.1, 0.15) is 17.8 Å². The number of hydrogen-bond acceptors (Lipinski definition) is 6. The molecule has 27 heavy (non-hydrogen) atoms. The number of rotatable bonds is 0. The molecule has 9 nitrogen and oxygen atoms in total. The van der Waals surface area contributed by atoms with Crippen LogP contribution in [-0.2, 0) is 6.54 Å². The van der Waals surface area contributed by atoms with E-state index in [1.807, 2.05) is 11.5 Å². The van der Waals surface area contributed by atoms with Crippen LogP contribution in [0.5, 0.6) is 5.88 Å². The highest BCUT2D eigenvalue weighted by atomic mass is 16.5. The van der Waals surface area contributed by atoms with Crippen molar-refractivity contribution in [2.75, 3.05) is 0 Å². The summed E-state index contributed by atoms with van der Waals surface area (Å²) in [6, 6.07) is 4.88. The molecule has 0 radical (unpaired) electrons. The van der Waals surface area contributed by atoms with Gasteiger partial charge in [0.25, 0.3) is 0 Å². The molecule has 0 unspecified atom stereocenters. The van der Waals surface area contributed by atoms with Gasteiger partial charge >= 0.3 is 5.69 Å². The highest BCUT2D eigenvalue weighted by molar-refractivity contribution is 5.80. The van der Waals surface area contributed by atoms with Gasteiger partial charge in [-0.05, 0) is 31.9 Å². The number of imidazole rings is 1. The third-order valence-corrected chi connectivity index (χ3v) is 4.80. The van der Waals surface area contributed by atoms with Crippen LogP contribution >= 0.6 is 0 Å². The summed E-state index contributed by atoms with van der Waals surface area (Å²) in [5.74, 6) is 0.713. The maximum atomic E-state index is 12.6. The molecule has 2 bridgehead atoms. The van der Waals surface area contributed by atoms with Crippen LogP contribution in [0.15, 0.2) is 40.3 Å². The van der Waals surface area contributed by atoms with Crippen LogP contribution in [0.25, 0.3) is 28.0 Å². The number of hydrogen-bond donors (Lipinski definition) is 1. The van der Waals surface area contributed by atoms with Crippen LogP contribution in [0, 0.1) is 0 Å². The number of nitrogens with one attached hydrogen (secondary N) is 1. The minimum Gasteiger partial charge on any atom is -0.473 e. The van der Waals surface area contributed by atoms with E-state index in [2.05, 4.69) is 19.9 Å². The summed E-state index contributed by atoms with van der Waals surface area (Å²) < 4.78 is 9.33. The van der Waals surface area contributed by atoms with Gasteiger partial charge in [-0.15, -0.1) is 0 Å². The predicted molar refractivity (Wildman–Crippen MR) is 98.4 cm³/mol. The van der Waals surface area contributed by atoms with Crippen molar-refractivity contribution in [2.24, 2.45) is 0 Å². The van der Waals surface area contributed by atoms with Crippen molar-refractivity contribution in [1.82, 2.24) is 29.1 Å². The molecule has 1 aliphatic heterocycles. The van der Waals surface area contributed by atoms with E-state index in [0.29, 0.717) is 40.4 Å². The third-order valence-electron chi connectivity index (χ3n) is 4.80. The maximum absolute atomic E-state index is 12.6. The van der Waals surface area contributed by atoms with Crippen LogP contribution in [-0.4, -0.2) is 35.2 Å². The van der Waals surface area contributed by atoms with Crippen molar-refractivity contribution in [3.8, 4) is 11.7 Å². The Bertz CT molecular complexity index is 1300. The van der Waals surface area contributed by atoms with E-state index in [1.165, 1.54) is 10.9 Å². The van der Waals surface area contributed by atoms with Gasteiger partial charge in [0.2, 0.25) is 5.88 Å². The SMILES string of the molecule is C[C@H]1CCCn2ccc(=O)c3ccc(nc32)-n2c(=O)[nH]c3ncnc(c32)O1. The van der Waals surface area contributed by atoms with Crippen molar-refractivity contribution in [3.63, 3.8) is 0 Å². The molecule has 9 heteroatoms. The Morgan fingerprint density at radius 3 is 3.00 bits per heavy atom. The summed E-state index contributed by atoms with van der Waals surface area (Å²) in [5, 5.41) is 0.520. The summed E-state index contributed by atoms with van der Waals surface area (Å²) in [4.78, 5) is 40.6. The first-order valence-electron chi connectivity index (χ1n) is 8.75. The van der Waals surface area contributed by atoms with Crippen molar-refractivity contribution in [3.05, 3.63) is 51.4 Å². The zero-order chi connectivity index (χ0) is 18.5. The van der Waals surface area contributed by atoms with E-state index in [-0.39, 0.29) is 11.5 Å². The minimum atomic E-state index is -0.392. The normalized spacial score (nSPS) is 16.9. The monoisotopic (exact) mass is 364 g/mol. The lowest BCUT2D eigenvalue weighted by atomic mass is 10.2. The van der Waals surface area contributed by atoms with Gasteiger partial charge in [-0.25, -0.2) is 19.3 Å². The van der Waals surface area contributed by atoms with Gasteiger partial charge < -0.3 is 9.30 Å². The molecule has 5 rings (SSSR count).